The number of nitrogens with zero attached hydrogens (tertiary/aromatic N) is 3. The normalized spacial score (nSPS) is 21.2. The summed E-state index contributed by atoms with van der Waals surface area (Å²) >= 11 is 8.26. The summed E-state index contributed by atoms with van der Waals surface area (Å²) in [7, 11) is 0. The molecule has 0 amide bonds. The molecule has 1 aromatic rings. The van der Waals surface area contributed by atoms with E-state index in [1.165, 1.54) is 18.4 Å². The smallest absolute Gasteiger partial charge is 0.191 e. The van der Waals surface area contributed by atoms with Gasteiger partial charge in [0.25, 0.3) is 0 Å². The average molecular weight is 367 g/mol. The van der Waals surface area contributed by atoms with Gasteiger partial charge in [-0.25, -0.2) is 0 Å². The molecule has 0 radical (unpaired) electrons. The Morgan fingerprint density at radius 3 is 2.58 bits per heavy atom. The topological polar surface area (TPSA) is 44.9 Å². The molecular weight excluding hydrogens is 340 g/mol. The zero-order valence-corrected chi connectivity index (χ0v) is 15.7. The summed E-state index contributed by atoms with van der Waals surface area (Å²) in [5.41, 5.74) is 7.38. The standard InChI is InChI=1S/C18H27ClN4S/c19-17-4-2-1-3-16(17)14-22-7-5-15(6-8-22)13-21-18(20)23-9-11-24-12-10-23/h1-4,15H,5-14H2,(H2,20,21). The highest BCUT2D eigenvalue weighted by Crippen LogP contribution is 2.22. The molecule has 2 heterocycles. The van der Waals surface area contributed by atoms with Crippen molar-refractivity contribution in [3.8, 4) is 0 Å². The second-order valence-corrected chi connectivity index (χ2v) is 8.24. The number of hydrogen-bond donors (Lipinski definition) is 1. The van der Waals surface area contributed by atoms with Crippen LogP contribution in [0.2, 0.25) is 5.02 Å². The van der Waals surface area contributed by atoms with Gasteiger partial charge in [-0.15, -0.1) is 0 Å². The largest absolute Gasteiger partial charge is 0.370 e. The Morgan fingerprint density at radius 2 is 1.88 bits per heavy atom. The van der Waals surface area contributed by atoms with Crippen LogP contribution < -0.4 is 5.73 Å². The number of piperidine rings is 1. The molecule has 2 aliphatic heterocycles. The van der Waals surface area contributed by atoms with Crippen molar-refractivity contribution < 1.29 is 0 Å². The number of thioether (sulfide) groups is 1. The molecule has 2 fully saturated rings. The Bertz CT molecular complexity index is 552. The third-order valence-electron chi connectivity index (χ3n) is 4.91. The maximum Gasteiger partial charge on any atom is 0.191 e. The first-order valence-corrected chi connectivity index (χ1v) is 10.3. The van der Waals surface area contributed by atoms with Crippen molar-refractivity contribution in [2.45, 2.75) is 19.4 Å². The van der Waals surface area contributed by atoms with Crippen LogP contribution in [0.5, 0.6) is 0 Å². The van der Waals surface area contributed by atoms with Crippen molar-refractivity contribution in [2.75, 3.05) is 44.2 Å². The molecule has 4 nitrogen and oxygen atoms in total. The Labute approximate surface area is 154 Å². The second-order valence-electron chi connectivity index (χ2n) is 6.61. The van der Waals surface area contributed by atoms with Crippen molar-refractivity contribution in [2.24, 2.45) is 16.6 Å². The Morgan fingerprint density at radius 1 is 1.17 bits per heavy atom. The summed E-state index contributed by atoms with van der Waals surface area (Å²) < 4.78 is 0. The van der Waals surface area contributed by atoms with E-state index in [0.717, 1.165) is 61.8 Å². The van der Waals surface area contributed by atoms with Crippen molar-refractivity contribution in [3.05, 3.63) is 34.9 Å². The van der Waals surface area contributed by atoms with Crippen LogP contribution >= 0.6 is 23.4 Å². The molecule has 0 unspecified atom stereocenters. The van der Waals surface area contributed by atoms with Gasteiger partial charge >= 0.3 is 0 Å². The first-order valence-electron chi connectivity index (χ1n) is 8.81. The summed E-state index contributed by atoms with van der Waals surface area (Å²) in [6.07, 6.45) is 2.38. The fourth-order valence-electron chi connectivity index (χ4n) is 3.31. The molecule has 0 saturated carbocycles. The van der Waals surface area contributed by atoms with Crippen LogP contribution in [-0.2, 0) is 6.54 Å². The summed E-state index contributed by atoms with van der Waals surface area (Å²) in [5.74, 6) is 3.73. The van der Waals surface area contributed by atoms with Gasteiger partial charge < -0.3 is 10.6 Å². The molecule has 0 aliphatic carbocycles. The van der Waals surface area contributed by atoms with E-state index in [1.54, 1.807) is 0 Å². The molecule has 1 aromatic carbocycles. The molecule has 2 N–H and O–H groups in total. The number of hydrogen-bond acceptors (Lipinski definition) is 3. The number of rotatable bonds is 4. The van der Waals surface area contributed by atoms with E-state index in [0.29, 0.717) is 5.92 Å². The zero-order valence-electron chi connectivity index (χ0n) is 14.2. The maximum atomic E-state index is 6.27. The van der Waals surface area contributed by atoms with Crippen LogP contribution in [0.3, 0.4) is 0 Å². The fraction of sp³-hybridized carbons (Fsp3) is 0.611. The Balaban J connectivity index is 1.42. The van der Waals surface area contributed by atoms with Gasteiger partial charge in [0, 0.05) is 42.7 Å². The van der Waals surface area contributed by atoms with Crippen LogP contribution in [0.4, 0.5) is 0 Å². The second kappa shape index (κ2) is 8.97. The van der Waals surface area contributed by atoms with E-state index in [9.17, 15) is 0 Å². The highest BCUT2D eigenvalue weighted by atomic mass is 35.5. The Kier molecular flexibility index (Phi) is 6.69. The lowest BCUT2D eigenvalue weighted by Gasteiger charge is -2.32. The number of likely N-dealkylation sites (tertiary alicyclic amines) is 1. The highest BCUT2D eigenvalue weighted by Gasteiger charge is 2.20. The minimum atomic E-state index is 0.658. The third-order valence-corrected chi connectivity index (χ3v) is 6.22. The first-order chi connectivity index (χ1) is 11.7. The van der Waals surface area contributed by atoms with Crippen LogP contribution in [0.15, 0.2) is 29.3 Å². The third kappa shape index (κ3) is 5.04. The lowest BCUT2D eigenvalue weighted by molar-refractivity contribution is 0.180. The molecule has 24 heavy (non-hydrogen) atoms. The van der Waals surface area contributed by atoms with E-state index in [1.807, 2.05) is 23.9 Å². The van der Waals surface area contributed by atoms with E-state index < -0.39 is 0 Å². The van der Waals surface area contributed by atoms with Gasteiger partial charge in [0.15, 0.2) is 5.96 Å². The molecule has 0 aromatic heterocycles. The number of nitrogens with two attached hydrogens (primary N) is 1. The van der Waals surface area contributed by atoms with Crippen LogP contribution in [0, 0.1) is 5.92 Å². The predicted octanol–water partition coefficient (Wildman–Crippen LogP) is 2.92. The average Bonchev–Trinajstić information content (AvgIpc) is 2.63. The minimum absolute atomic E-state index is 0.658. The van der Waals surface area contributed by atoms with E-state index in [4.69, 9.17) is 17.3 Å². The molecule has 0 atom stereocenters. The fourth-order valence-corrected chi connectivity index (χ4v) is 4.41. The van der Waals surface area contributed by atoms with Crippen molar-refractivity contribution in [3.63, 3.8) is 0 Å². The lowest BCUT2D eigenvalue weighted by atomic mass is 9.96. The molecule has 2 saturated heterocycles. The monoisotopic (exact) mass is 366 g/mol. The maximum absolute atomic E-state index is 6.27. The van der Waals surface area contributed by atoms with Gasteiger partial charge in [0.1, 0.15) is 0 Å². The summed E-state index contributed by atoms with van der Waals surface area (Å²) in [6, 6.07) is 8.14. The van der Waals surface area contributed by atoms with Gasteiger partial charge in [-0.1, -0.05) is 29.8 Å². The zero-order chi connectivity index (χ0) is 16.8. The quantitative estimate of drug-likeness (QED) is 0.657. The SMILES string of the molecule is NC(=NCC1CCN(Cc2ccccc2Cl)CC1)N1CCSCC1. The molecule has 2 aliphatic rings. The molecule has 6 heteroatoms. The number of halogens is 1. The summed E-state index contributed by atoms with van der Waals surface area (Å²) in [4.78, 5) is 9.38. The lowest BCUT2D eigenvalue weighted by Crippen LogP contribution is -2.43. The van der Waals surface area contributed by atoms with Crippen molar-refractivity contribution >= 4 is 29.3 Å². The summed E-state index contributed by atoms with van der Waals surface area (Å²) in [5, 5.41) is 0.872. The van der Waals surface area contributed by atoms with E-state index >= 15 is 0 Å². The first kappa shape index (κ1) is 17.9. The van der Waals surface area contributed by atoms with Gasteiger partial charge in [-0.3, -0.25) is 9.89 Å². The molecule has 0 bridgehead atoms. The number of guanidine groups is 1. The molecular formula is C18H27ClN4S. The predicted molar refractivity (Wildman–Crippen MR) is 105 cm³/mol. The van der Waals surface area contributed by atoms with E-state index in [-0.39, 0.29) is 0 Å². The van der Waals surface area contributed by atoms with E-state index in [2.05, 4.69) is 26.9 Å². The molecule has 3 rings (SSSR count). The minimum Gasteiger partial charge on any atom is -0.370 e. The van der Waals surface area contributed by atoms with Crippen LogP contribution in [0.1, 0.15) is 18.4 Å². The van der Waals surface area contributed by atoms with Crippen LogP contribution in [0.25, 0.3) is 0 Å². The summed E-state index contributed by atoms with van der Waals surface area (Å²) in [6.45, 7) is 6.13. The number of aliphatic imine (C=N–C) groups is 1. The number of benzene rings is 1. The van der Waals surface area contributed by atoms with Crippen molar-refractivity contribution in [1.29, 1.82) is 0 Å². The molecule has 0 spiro atoms. The molecule has 132 valence electrons. The van der Waals surface area contributed by atoms with Gasteiger partial charge in [0.05, 0.1) is 0 Å². The van der Waals surface area contributed by atoms with Crippen molar-refractivity contribution in [1.82, 2.24) is 9.80 Å². The van der Waals surface area contributed by atoms with Gasteiger partial charge in [-0.2, -0.15) is 11.8 Å². The van der Waals surface area contributed by atoms with Gasteiger partial charge in [-0.05, 0) is 43.5 Å². The Hall–Kier alpha value is -0.910. The highest BCUT2D eigenvalue weighted by molar-refractivity contribution is 7.99. The van der Waals surface area contributed by atoms with Gasteiger partial charge in [0.2, 0.25) is 0 Å². The van der Waals surface area contributed by atoms with Crippen LogP contribution in [-0.4, -0.2) is 60.0 Å².